The first kappa shape index (κ1) is 9.07. The van der Waals surface area contributed by atoms with Crippen LogP contribution in [0.25, 0.3) is 0 Å². The predicted octanol–water partition coefficient (Wildman–Crippen LogP) is -0.570. The zero-order valence-electron chi connectivity index (χ0n) is 5.35. The number of rotatable bonds is 4. The van der Waals surface area contributed by atoms with E-state index in [4.69, 9.17) is 0 Å². The lowest BCUT2D eigenvalue weighted by atomic mass is 10.3. The van der Waals surface area contributed by atoms with E-state index in [0.29, 0.717) is 4.32 Å². The fraction of sp³-hybridized carbons (Fsp3) is 0.800. The van der Waals surface area contributed by atoms with Crippen molar-refractivity contribution in [3.8, 4) is 0 Å². The third-order valence-corrected chi connectivity index (χ3v) is 1.23. The van der Waals surface area contributed by atoms with Gasteiger partial charge in [-0.15, -0.1) is 0 Å². The van der Waals surface area contributed by atoms with Gasteiger partial charge in [0.2, 0.25) is 0 Å². The second-order valence-corrected chi connectivity index (χ2v) is 2.85. The Morgan fingerprint density at radius 2 is 2.22 bits per heavy atom. The Morgan fingerprint density at radius 3 is 2.67 bits per heavy atom. The highest BCUT2D eigenvalue weighted by molar-refractivity contribution is 8.00. The number of hydrogen-bond donors (Lipinski definition) is 2. The summed E-state index contributed by atoms with van der Waals surface area (Å²) in [5, 5.41) is 2.90. The van der Waals surface area contributed by atoms with Crippen LogP contribution in [0.1, 0.15) is 12.8 Å². The molecule has 54 valence electrons. The number of nitrogens with one attached hydrogen (secondary N) is 1. The summed E-state index contributed by atoms with van der Waals surface area (Å²) in [6.07, 6.45) is 2.26. The average Bonchev–Trinajstić information content (AvgIpc) is 1.80. The van der Waals surface area contributed by atoms with Gasteiger partial charge in [0.25, 0.3) is 0 Å². The molecule has 0 saturated heterocycles. The minimum absolute atomic E-state index is 0.471. The Bertz CT molecular complexity index is 85.0. The van der Waals surface area contributed by atoms with E-state index in [9.17, 15) is 0 Å². The van der Waals surface area contributed by atoms with Crippen molar-refractivity contribution < 1.29 is 5.73 Å². The van der Waals surface area contributed by atoms with Crippen LogP contribution in [0.4, 0.5) is 0 Å². The molecule has 4 N–H and O–H groups in total. The summed E-state index contributed by atoms with van der Waals surface area (Å²) in [6.45, 7) is 1.89. The molecule has 0 aliphatic rings. The maximum Gasteiger partial charge on any atom is 0.0740 e. The highest BCUT2D eigenvalue weighted by atomic mass is 32.1. The average molecular weight is 164 g/mol. The van der Waals surface area contributed by atoms with Crippen molar-refractivity contribution in [3.05, 3.63) is 0 Å². The molecule has 0 atom stereocenters. The van der Waals surface area contributed by atoms with Gasteiger partial charge in [-0.2, -0.15) is 0 Å². The second kappa shape index (κ2) is 6.19. The van der Waals surface area contributed by atoms with Gasteiger partial charge in [-0.1, -0.05) is 4.32 Å². The Morgan fingerprint density at radius 1 is 1.56 bits per heavy atom. The lowest BCUT2D eigenvalue weighted by molar-refractivity contribution is -0.368. The summed E-state index contributed by atoms with van der Waals surface area (Å²) < 4.78 is 0.471. The lowest BCUT2D eigenvalue weighted by Crippen LogP contribution is -2.50. The summed E-state index contributed by atoms with van der Waals surface area (Å²) in [4.78, 5) is 0. The molecule has 0 aliphatic heterocycles. The number of quaternary nitrogens is 1. The first-order valence-corrected chi connectivity index (χ1v) is 3.83. The molecule has 0 radical (unpaired) electrons. The first-order valence-electron chi connectivity index (χ1n) is 3.01. The van der Waals surface area contributed by atoms with Gasteiger partial charge in [0.1, 0.15) is 0 Å². The topological polar surface area (TPSA) is 39.7 Å². The minimum atomic E-state index is 0.471. The first-order chi connectivity index (χ1) is 4.27. The van der Waals surface area contributed by atoms with E-state index in [1.54, 1.807) is 0 Å². The van der Waals surface area contributed by atoms with Gasteiger partial charge >= 0.3 is 0 Å². The zero-order chi connectivity index (χ0) is 7.11. The van der Waals surface area contributed by atoms with Crippen LogP contribution in [-0.2, 0) is 12.6 Å². The molecule has 0 amide bonds. The normalized spacial score (nSPS) is 9.00. The Hall–Kier alpha value is 0.0700. The molecule has 0 fully saturated rings. The van der Waals surface area contributed by atoms with E-state index in [0.717, 1.165) is 25.9 Å². The van der Waals surface area contributed by atoms with Crippen LogP contribution in [0.3, 0.4) is 0 Å². The van der Waals surface area contributed by atoms with Crippen LogP contribution in [0.2, 0.25) is 0 Å². The van der Waals surface area contributed by atoms with E-state index in [2.05, 4.69) is 35.9 Å². The summed E-state index contributed by atoms with van der Waals surface area (Å²) in [6, 6.07) is 0. The van der Waals surface area contributed by atoms with Crippen molar-refractivity contribution in [1.29, 1.82) is 0 Å². The molecule has 0 aliphatic carbocycles. The molecule has 4 heteroatoms. The van der Waals surface area contributed by atoms with Crippen molar-refractivity contribution in [3.63, 3.8) is 0 Å². The molecule has 0 unspecified atom stereocenters. The van der Waals surface area contributed by atoms with Crippen LogP contribution < -0.4 is 11.1 Å². The third-order valence-electron chi connectivity index (χ3n) is 0.946. The molecular formula is C5H12N2S2. The van der Waals surface area contributed by atoms with Gasteiger partial charge in [0, 0.05) is 6.54 Å². The molecule has 0 rings (SSSR count). The summed E-state index contributed by atoms with van der Waals surface area (Å²) >= 11 is 9.27. The molecule has 0 heterocycles. The van der Waals surface area contributed by atoms with Gasteiger partial charge in [-0.25, -0.2) is 0 Å². The molecule has 0 aromatic carbocycles. The predicted molar refractivity (Wildman–Crippen MR) is 45.0 cm³/mol. The van der Waals surface area contributed by atoms with Crippen molar-refractivity contribution in [2.24, 2.45) is 0 Å². The Kier molecular flexibility index (Phi) is 6.24. The number of hydrogen-bond acceptors (Lipinski definition) is 2. The van der Waals surface area contributed by atoms with Gasteiger partial charge in [-0.05, 0) is 12.8 Å². The van der Waals surface area contributed by atoms with E-state index >= 15 is 0 Å². The molecule has 0 saturated carbocycles. The van der Waals surface area contributed by atoms with Gasteiger partial charge in [0.15, 0.2) is 0 Å². The number of unbranched alkanes of at least 4 members (excludes halogenated alkanes) is 1. The van der Waals surface area contributed by atoms with Crippen molar-refractivity contribution in [1.82, 2.24) is 5.32 Å². The monoisotopic (exact) mass is 164 g/mol. The van der Waals surface area contributed by atoms with Crippen molar-refractivity contribution in [2.75, 3.05) is 13.1 Å². The van der Waals surface area contributed by atoms with E-state index in [-0.39, 0.29) is 0 Å². The van der Waals surface area contributed by atoms with E-state index in [1.807, 2.05) is 0 Å². The zero-order valence-corrected chi connectivity index (χ0v) is 6.99. The van der Waals surface area contributed by atoms with E-state index in [1.165, 1.54) is 0 Å². The minimum Gasteiger partial charge on any atom is -0.412 e. The molecular weight excluding hydrogens is 152 g/mol. The maximum atomic E-state index is 4.63. The largest absolute Gasteiger partial charge is 0.412 e. The molecule has 0 bridgehead atoms. The highest BCUT2D eigenvalue weighted by Crippen LogP contribution is 1.80. The lowest BCUT2D eigenvalue weighted by Gasteiger charge is -2.07. The van der Waals surface area contributed by atoms with Crippen LogP contribution in [0.15, 0.2) is 0 Å². The van der Waals surface area contributed by atoms with Crippen LogP contribution >= 0.6 is 12.2 Å². The fourth-order valence-corrected chi connectivity index (χ4v) is 0.696. The summed E-state index contributed by atoms with van der Waals surface area (Å²) in [7, 11) is 0. The highest BCUT2D eigenvalue weighted by Gasteiger charge is 1.83. The second-order valence-electron chi connectivity index (χ2n) is 1.77. The summed E-state index contributed by atoms with van der Waals surface area (Å²) in [5.74, 6) is 0. The summed E-state index contributed by atoms with van der Waals surface area (Å²) in [5.41, 5.74) is 3.72. The van der Waals surface area contributed by atoms with Crippen LogP contribution in [0.5, 0.6) is 0 Å². The smallest absolute Gasteiger partial charge is 0.0740 e. The quantitative estimate of drug-likeness (QED) is 0.332. The number of thiocarbonyl (C=S) groups is 1. The standard InChI is InChI=1S/C5H12N2S2/c6-3-1-2-4-7-5(8)9/h1-4,6H2,(H2,7,8,9). The molecule has 0 aromatic heterocycles. The maximum absolute atomic E-state index is 4.63. The molecule has 9 heavy (non-hydrogen) atoms. The molecule has 2 nitrogen and oxygen atoms in total. The van der Waals surface area contributed by atoms with Gasteiger partial charge < -0.3 is 35.9 Å². The van der Waals surface area contributed by atoms with Gasteiger partial charge in [-0.3, -0.25) is 0 Å². The Labute approximate surface area is 66.6 Å². The van der Waals surface area contributed by atoms with Gasteiger partial charge in [0.05, 0.1) is 6.54 Å². The molecule has 0 spiro atoms. The van der Waals surface area contributed by atoms with Crippen LogP contribution in [0, 0.1) is 0 Å². The van der Waals surface area contributed by atoms with E-state index < -0.39 is 0 Å². The SMILES string of the molecule is [NH3+]CCCCNC(=S)[S-]. The molecule has 0 aromatic rings. The Balaban J connectivity index is 2.83. The van der Waals surface area contributed by atoms with Crippen molar-refractivity contribution in [2.45, 2.75) is 12.8 Å². The fourth-order valence-electron chi connectivity index (χ4n) is 0.492. The van der Waals surface area contributed by atoms with Crippen molar-refractivity contribution >= 4 is 29.2 Å². The van der Waals surface area contributed by atoms with Crippen LogP contribution in [-0.4, -0.2) is 17.4 Å². The third kappa shape index (κ3) is 8.07.